The molecule has 0 aromatic rings. The van der Waals surface area contributed by atoms with E-state index in [-0.39, 0.29) is 0 Å². The fraction of sp³-hybridized carbons (Fsp3) is 1.00. The predicted molar refractivity (Wildman–Crippen MR) is 60.4 cm³/mol. The molecular weight excluding hydrogens is 172 g/mol. The SMILES string of the molecule is CCC(C)CNC1CCN2CCC1C2. The van der Waals surface area contributed by atoms with Crippen LogP contribution < -0.4 is 5.32 Å². The standard InChI is InChI=1S/C12H24N2/c1-3-10(2)8-13-12-5-7-14-6-4-11(12)9-14/h10-13H,3-9H2,1-2H3. The molecule has 0 spiro atoms. The average Bonchev–Trinajstić information content (AvgIpc) is 2.60. The van der Waals surface area contributed by atoms with Crippen LogP contribution in [-0.2, 0) is 0 Å². The van der Waals surface area contributed by atoms with Crippen molar-refractivity contribution in [3.8, 4) is 0 Å². The van der Waals surface area contributed by atoms with Gasteiger partial charge in [0.1, 0.15) is 0 Å². The monoisotopic (exact) mass is 196 g/mol. The van der Waals surface area contributed by atoms with E-state index in [1.54, 1.807) is 0 Å². The van der Waals surface area contributed by atoms with Crippen molar-refractivity contribution in [3.63, 3.8) is 0 Å². The molecule has 2 nitrogen and oxygen atoms in total. The van der Waals surface area contributed by atoms with Crippen molar-refractivity contribution < 1.29 is 0 Å². The molecule has 14 heavy (non-hydrogen) atoms. The van der Waals surface area contributed by atoms with Crippen LogP contribution >= 0.6 is 0 Å². The van der Waals surface area contributed by atoms with E-state index in [1.165, 1.54) is 45.4 Å². The summed E-state index contributed by atoms with van der Waals surface area (Å²) in [5.41, 5.74) is 0. The second kappa shape index (κ2) is 4.63. The maximum atomic E-state index is 3.77. The summed E-state index contributed by atoms with van der Waals surface area (Å²) in [5.74, 6) is 1.79. The molecule has 2 saturated heterocycles. The van der Waals surface area contributed by atoms with Crippen molar-refractivity contribution in [1.82, 2.24) is 10.2 Å². The lowest BCUT2D eigenvalue weighted by Gasteiger charge is -2.31. The van der Waals surface area contributed by atoms with Gasteiger partial charge in [0.2, 0.25) is 0 Å². The molecule has 2 rings (SSSR count). The fourth-order valence-corrected chi connectivity index (χ4v) is 2.72. The van der Waals surface area contributed by atoms with Crippen LogP contribution in [0.2, 0.25) is 0 Å². The Balaban J connectivity index is 1.75. The molecule has 82 valence electrons. The summed E-state index contributed by atoms with van der Waals surface area (Å²) in [6.45, 7) is 9.89. The maximum Gasteiger partial charge on any atom is 0.0120 e. The Labute approximate surface area is 88.1 Å². The minimum Gasteiger partial charge on any atom is -0.313 e. The van der Waals surface area contributed by atoms with Gasteiger partial charge in [-0.3, -0.25) is 0 Å². The second-order valence-electron chi connectivity index (χ2n) is 5.17. The van der Waals surface area contributed by atoms with Gasteiger partial charge in [-0.2, -0.15) is 0 Å². The molecule has 2 heteroatoms. The highest BCUT2D eigenvalue weighted by molar-refractivity contribution is 4.90. The summed E-state index contributed by atoms with van der Waals surface area (Å²) in [7, 11) is 0. The number of rotatable bonds is 4. The van der Waals surface area contributed by atoms with Gasteiger partial charge >= 0.3 is 0 Å². The summed E-state index contributed by atoms with van der Waals surface area (Å²) < 4.78 is 0. The molecular formula is C12H24N2. The molecule has 2 bridgehead atoms. The van der Waals surface area contributed by atoms with Gasteiger partial charge in [-0.1, -0.05) is 20.3 Å². The molecule has 4 atom stereocenters. The highest BCUT2D eigenvalue weighted by Crippen LogP contribution is 2.27. The largest absolute Gasteiger partial charge is 0.313 e. The van der Waals surface area contributed by atoms with Crippen LogP contribution in [0.15, 0.2) is 0 Å². The Bertz CT molecular complexity index is 181. The summed E-state index contributed by atoms with van der Waals surface area (Å²) in [6, 6.07) is 0.822. The number of hydrogen-bond acceptors (Lipinski definition) is 2. The maximum absolute atomic E-state index is 3.77. The number of nitrogens with zero attached hydrogens (tertiary/aromatic N) is 1. The van der Waals surface area contributed by atoms with E-state index >= 15 is 0 Å². The van der Waals surface area contributed by atoms with E-state index in [9.17, 15) is 0 Å². The zero-order chi connectivity index (χ0) is 9.97. The molecule has 2 fully saturated rings. The third kappa shape index (κ3) is 2.29. The molecule has 0 aromatic carbocycles. The Morgan fingerprint density at radius 2 is 2.14 bits per heavy atom. The van der Waals surface area contributed by atoms with Crippen molar-refractivity contribution in [2.24, 2.45) is 11.8 Å². The first-order valence-corrected chi connectivity index (χ1v) is 6.25. The molecule has 2 heterocycles. The molecule has 0 radical (unpaired) electrons. The predicted octanol–water partition coefficient (Wildman–Crippen LogP) is 1.72. The minimum atomic E-state index is 0.822. The van der Waals surface area contributed by atoms with Gasteiger partial charge in [0.15, 0.2) is 0 Å². The highest BCUT2D eigenvalue weighted by Gasteiger charge is 2.33. The Kier molecular flexibility index (Phi) is 3.45. The van der Waals surface area contributed by atoms with E-state index in [4.69, 9.17) is 0 Å². The van der Waals surface area contributed by atoms with Gasteiger partial charge in [-0.25, -0.2) is 0 Å². The lowest BCUT2D eigenvalue weighted by atomic mass is 9.93. The minimum absolute atomic E-state index is 0.822. The molecule has 0 saturated carbocycles. The van der Waals surface area contributed by atoms with Crippen LogP contribution in [0.25, 0.3) is 0 Å². The molecule has 4 unspecified atom stereocenters. The summed E-state index contributed by atoms with van der Waals surface area (Å²) in [6.07, 6.45) is 4.11. The summed E-state index contributed by atoms with van der Waals surface area (Å²) >= 11 is 0. The van der Waals surface area contributed by atoms with Crippen molar-refractivity contribution in [2.75, 3.05) is 26.2 Å². The Hall–Kier alpha value is -0.0800. The topological polar surface area (TPSA) is 15.3 Å². The van der Waals surface area contributed by atoms with Crippen LogP contribution in [0.5, 0.6) is 0 Å². The lowest BCUT2D eigenvalue weighted by Crippen LogP contribution is -2.45. The van der Waals surface area contributed by atoms with Crippen molar-refractivity contribution in [2.45, 2.75) is 39.2 Å². The molecule has 0 aliphatic carbocycles. The van der Waals surface area contributed by atoms with Crippen LogP contribution in [-0.4, -0.2) is 37.1 Å². The smallest absolute Gasteiger partial charge is 0.0120 e. The van der Waals surface area contributed by atoms with Gasteiger partial charge in [0.05, 0.1) is 0 Å². The normalized spacial score (nSPS) is 38.6. The quantitative estimate of drug-likeness (QED) is 0.736. The van der Waals surface area contributed by atoms with Crippen molar-refractivity contribution in [3.05, 3.63) is 0 Å². The van der Waals surface area contributed by atoms with Crippen LogP contribution in [0.3, 0.4) is 0 Å². The fourth-order valence-electron chi connectivity index (χ4n) is 2.72. The lowest BCUT2D eigenvalue weighted by molar-refractivity contribution is 0.216. The number of hydrogen-bond donors (Lipinski definition) is 1. The number of fused-ring (bicyclic) bond motifs is 2. The first-order chi connectivity index (χ1) is 6.79. The van der Waals surface area contributed by atoms with Gasteiger partial charge in [0, 0.05) is 12.6 Å². The van der Waals surface area contributed by atoms with Crippen LogP contribution in [0.4, 0.5) is 0 Å². The van der Waals surface area contributed by atoms with Gasteiger partial charge in [-0.05, 0) is 44.3 Å². The van der Waals surface area contributed by atoms with Crippen molar-refractivity contribution >= 4 is 0 Å². The second-order valence-corrected chi connectivity index (χ2v) is 5.17. The van der Waals surface area contributed by atoms with E-state index in [0.717, 1.165) is 17.9 Å². The first-order valence-electron chi connectivity index (χ1n) is 6.25. The third-order valence-electron chi connectivity index (χ3n) is 4.06. The Morgan fingerprint density at radius 3 is 2.93 bits per heavy atom. The average molecular weight is 196 g/mol. The molecule has 0 aromatic heterocycles. The van der Waals surface area contributed by atoms with Gasteiger partial charge in [0.25, 0.3) is 0 Å². The Morgan fingerprint density at radius 1 is 1.36 bits per heavy atom. The highest BCUT2D eigenvalue weighted by atomic mass is 15.2. The first kappa shape index (κ1) is 10.4. The molecule has 2 aliphatic rings. The number of nitrogens with one attached hydrogen (secondary N) is 1. The zero-order valence-corrected chi connectivity index (χ0v) is 9.63. The van der Waals surface area contributed by atoms with Gasteiger partial charge in [-0.15, -0.1) is 0 Å². The van der Waals surface area contributed by atoms with Crippen molar-refractivity contribution in [1.29, 1.82) is 0 Å². The molecule has 1 N–H and O–H groups in total. The van der Waals surface area contributed by atoms with E-state index < -0.39 is 0 Å². The van der Waals surface area contributed by atoms with E-state index in [2.05, 4.69) is 24.1 Å². The van der Waals surface area contributed by atoms with E-state index in [0.29, 0.717) is 0 Å². The van der Waals surface area contributed by atoms with Crippen LogP contribution in [0.1, 0.15) is 33.1 Å². The zero-order valence-electron chi connectivity index (χ0n) is 9.63. The molecule has 2 aliphatic heterocycles. The number of piperidine rings is 1. The third-order valence-corrected chi connectivity index (χ3v) is 4.06. The summed E-state index contributed by atoms with van der Waals surface area (Å²) in [4.78, 5) is 2.62. The summed E-state index contributed by atoms with van der Waals surface area (Å²) in [5, 5.41) is 3.77. The van der Waals surface area contributed by atoms with E-state index in [1.807, 2.05) is 0 Å². The molecule has 0 amide bonds. The van der Waals surface area contributed by atoms with Crippen LogP contribution in [0, 0.1) is 11.8 Å². The van der Waals surface area contributed by atoms with Gasteiger partial charge < -0.3 is 10.2 Å².